The van der Waals surface area contributed by atoms with Gasteiger partial charge in [0.15, 0.2) is 0 Å². The Labute approximate surface area is 93.1 Å². The molecule has 5 heteroatoms. The van der Waals surface area contributed by atoms with Gasteiger partial charge in [0.2, 0.25) is 6.23 Å². The summed E-state index contributed by atoms with van der Waals surface area (Å²) in [5.41, 5.74) is 5.66. The van der Waals surface area contributed by atoms with E-state index in [0.29, 0.717) is 5.56 Å². The quantitative estimate of drug-likeness (QED) is 0.600. The molecule has 0 saturated heterocycles. The van der Waals surface area contributed by atoms with Crippen LogP contribution in [-0.2, 0) is 14.3 Å². The molecule has 1 atom stereocenters. The van der Waals surface area contributed by atoms with Crippen LogP contribution in [0.1, 0.15) is 17.3 Å². The minimum Gasteiger partial charge on any atom is -0.462 e. The van der Waals surface area contributed by atoms with Crippen molar-refractivity contribution in [2.24, 2.45) is 5.73 Å². The molecule has 0 heterocycles. The van der Waals surface area contributed by atoms with Gasteiger partial charge in [0, 0.05) is 0 Å². The van der Waals surface area contributed by atoms with Crippen LogP contribution in [0, 0.1) is 0 Å². The lowest BCUT2D eigenvalue weighted by Crippen LogP contribution is -2.37. The molecule has 1 aromatic carbocycles. The molecule has 0 spiro atoms. The van der Waals surface area contributed by atoms with E-state index in [-0.39, 0.29) is 6.61 Å². The van der Waals surface area contributed by atoms with Gasteiger partial charge in [-0.15, -0.1) is 0 Å². The molecule has 2 N–H and O–H groups in total. The summed E-state index contributed by atoms with van der Waals surface area (Å²) in [5.74, 6) is -1.41. The normalized spacial score (nSPS) is 11.6. The Kier molecular flexibility index (Phi) is 4.47. The van der Waals surface area contributed by atoms with Gasteiger partial charge >= 0.3 is 11.9 Å². The first-order chi connectivity index (χ1) is 7.65. The second-order valence-electron chi connectivity index (χ2n) is 2.94. The first-order valence-electron chi connectivity index (χ1n) is 4.83. The molecular formula is C11H13NO4. The highest BCUT2D eigenvalue weighted by Crippen LogP contribution is 2.02. The van der Waals surface area contributed by atoms with E-state index in [1.165, 1.54) is 0 Å². The van der Waals surface area contributed by atoms with E-state index in [2.05, 4.69) is 4.74 Å². The Bertz CT molecular complexity index is 364. The van der Waals surface area contributed by atoms with Crippen molar-refractivity contribution in [3.05, 3.63) is 35.9 Å². The summed E-state index contributed by atoms with van der Waals surface area (Å²) in [6, 6.07) is 8.28. The molecule has 5 nitrogen and oxygen atoms in total. The number of esters is 2. The number of rotatable bonds is 4. The van der Waals surface area contributed by atoms with Gasteiger partial charge in [-0.3, -0.25) is 5.73 Å². The standard InChI is InChI=1S/C11H13NO4/c1-2-15-11(14)9(12)16-10(13)8-6-4-3-5-7-8/h3-7,9H,2,12H2,1H3. The third-order valence-electron chi connectivity index (χ3n) is 1.76. The fourth-order valence-corrected chi connectivity index (χ4v) is 1.03. The molecule has 0 fully saturated rings. The van der Waals surface area contributed by atoms with Crippen LogP contribution in [0.2, 0.25) is 0 Å². The van der Waals surface area contributed by atoms with E-state index >= 15 is 0 Å². The highest BCUT2D eigenvalue weighted by Gasteiger charge is 2.19. The van der Waals surface area contributed by atoms with Crippen molar-refractivity contribution in [3.63, 3.8) is 0 Å². The first-order valence-corrected chi connectivity index (χ1v) is 4.83. The minimum absolute atomic E-state index is 0.190. The average molecular weight is 223 g/mol. The lowest BCUT2D eigenvalue weighted by molar-refractivity contribution is -0.153. The van der Waals surface area contributed by atoms with Crippen molar-refractivity contribution in [2.75, 3.05) is 6.61 Å². The van der Waals surface area contributed by atoms with Crippen molar-refractivity contribution in [1.29, 1.82) is 0 Å². The third-order valence-corrected chi connectivity index (χ3v) is 1.76. The monoisotopic (exact) mass is 223 g/mol. The largest absolute Gasteiger partial charge is 0.462 e. The molecule has 1 unspecified atom stereocenters. The van der Waals surface area contributed by atoms with E-state index in [1.807, 2.05) is 0 Å². The van der Waals surface area contributed by atoms with Crippen LogP contribution in [0.4, 0.5) is 0 Å². The number of carbonyl (C=O) groups is 2. The maximum absolute atomic E-state index is 11.5. The first kappa shape index (κ1) is 12.2. The average Bonchev–Trinajstić information content (AvgIpc) is 2.30. The molecule has 0 aromatic heterocycles. The van der Waals surface area contributed by atoms with Crippen molar-refractivity contribution >= 4 is 11.9 Å². The topological polar surface area (TPSA) is 78.6 Å². The highest BCUT2D eigenvalue weighted by atomic mass is 16.6. The molecule has 16 heavy (non-hydrogen) atoms. The summed E-state index contributed by atoms with van der Waals surface area (Å²) >= 11 is 0. The van der Waals surface area contributed by atoms with Crippen LogP contribution in [0.25, 0.3) is 0 Å². The van der Waals surface area contributed by atoms with Crippen LogP contribution < -0.4 is 5.73 Å². The summed E-state index contributed by atoms with van der Waals surface area (Å²) in [5, 5.41) is 0. The van der Waals surface area contributed by atoms with Crippen LogP contribution in [0.5, 0.6) is 0 Å². The van der Waals surface area contributed by atoms with E-state index in [1.54, 1.807) is 37.3 Å². The molecule has 0 saturated carbocycles. The van der Waals surface area contributed by atoms with Crippen molar-refractivity contribution in [1.82, 2.24) is 0 Å². The Morgan fingerprint density at radius 3 is 2.50 bits per heavy atom. The zero-order valence-corrected chi connectivity index (χ0v) is 8.88. The number of ether oxygens (including phenoxy) is 2. The van der Waals surface area contributed by atoms with Crippen LogP contribution in [0.15, 0.2) is 30.3 Å². The fourth-order valence-electron chi connectivity index (χ4n) is 1.03. The summed E-state index contributed by atoms with van der Waals surface area (Å²) in [6.07, 6.45) is -1.38. The molecule has 0 aliphatic rings. The molecule has 0 radical (unpaired) electrons. The van der Waals surface area contributed by atoms with Crippen LogP contribution in [0.3, 0.4) is 0 Å². The zero-order valence-electron chi connectivity index (χ0n) is 8.88. The van der Waals surface area contributed by atoms with Gasteiger partial charge < -0.3 is 9.47 Å². The molecule has 0 bridgehead atoms. The van der Waals surface area contributed by atoms with E-state index in [9.17, 15) is 9.59 Å². The van der Waals surface area contributed by atoms with E-state index in [0.717, 1.165) is 0 Å². The molecule has 0 aliphatic carbocycles. The van der Waals surface area contributed by atoms with Gasteiger partial charge in [0.05, 0.1) is 12.2 Å². The smallest absolute Gasteiger partial charge is 0.362 e. The van der Waals surface area contributed by atoms with Gasteiger partial charge in [-0.2, -0.15) is 0 Å². The Morgan fingerprint density at radius 2 is 1.94 bits per heavy atom. The van der Waals surface area contributed by atoms with Crippen LogP contribution in [-0.4, -0.2) is 24.8 Å². The zero-order chi connectivity index (χ0) is 12.0. The maximum atomic E-state index is 11.5. The van der Waals surface area contributed by atoms with Crippen molar-refractivity contribution in [3.8, 4) is 0 Å². The lowest BCUT2D eigenvalue weighted by atomic mass is 10.2. The predicted molar refractivity (Wildman–Crippen MR) is 56.5 cm³/mol. The second kappa shape index (κ2) is 5.87. The summed E-state index contributed by atoms with van der Waals surface area (Å²) in [4.78, 5) is 22.5. The maximum Gasteiger partial charge on any atom is 0.362 e. The molecule has 0 aliphatic heterocycles. The van der Waals surface area contributed by atoms with Gasteiger partial charge in [0.25, 0.3) is 0 Å². The molecule has 1 rings (SSSR count). The third kappa shape index (κ3) is 3.36. The molecule has 1 aromatic rings. The van der Waals surface area contributed by atoms with E-state index < -0.39 is 18.2 Å². The molecule has 86 valence electrons. The number of carbonyl (C=O) groups excluding carboxylic acids is 2. The second-order valence-corrected chi connectivity index (χ2v) is 2.94. The van der Waals surface area contributed by atoms with Crippen LogP contribution >= 0.6 is 0 Å². The van der Waals surface area contributed by atoms with E-state index in [4.69, 9.17) is 10.5 Å². The Morgan fingerprint density at radius 1 is 1.31 bits per heavy atom. The lowest BCUT2D eigenvalue weighted by Gasteiger charge is -2.11. The molecular weight excluding hydrogens is 210 g/mol. The summed E-state index contributed by atoms with van der Waals surface area (Å²) < 4.78 is 9.31. The van der Waals surface area contributed by atoms with Crippen molar-refractivity contribution in [2.45, 2.75) is 13.2 Å². The number of hydrogen-bond acceptors (Lipinski definition) is 5. The predicted octanol–water partition coefficient (Wildman–Crippen LogP) is 0.691. The summed E-state index contributed by atoms with van der Waals surface area (Å²) in [6.45, 7) is 1.83. The number of hydrogen-bond donors (Lipinski definition) is 1. The molecule has 0 amide bonds. The summed E-state index contributed by atoms with van der Waals surface area (Å²) in [7, 11) is 0. The van der Waals surface area contributed by atoms with Gasteiger partial charge in [-0.1, -0.05) is 18.2 Å². The van der Waals surface area contributed by atoms with Gasteiger partial charge in [-0.25, -0.2) is 9.59 Å². The number of benzene rings is 1. The van der Waals surface area contributed by atoms with Crippen molar-refractivity contribution < 1.29 is 19.1 Å². The fraction of sp³-hybridized carbons (Fsp3) is 0.273. The van der Waals surface area contributed by atoms with Gasteiger partial charge in [0.1, 0.15) is 0 Å². The highest BCUT2D eigenvalue weighted by molar-refractivity contribution is 5.91. The number of nitrogens with two attached hydrogens (primary N) is 1. The van der Waals surface area contributed by atoms with Gasteiger partial charge in [-0.05, 0) is 19.1 Å². The Hall–Kier alpha value is -1.88. The minimum atomic E-state index is -1.38. The Balaban J connectivity index is 2.55. The SMILES string of the molecule is CCOC(=O)C(N)OC(=O)c1ccccc1.